The molecule has 1 aliphatic carbocycles. The molecule has 4 heteroatoms. The van der Waals surface area contributed by atoms with Crippen LogP contribution in [-0.4, -0.2) is 27.2 Å². The number of rotatable bonds is 5. The van der Waals surface area contributed by atoms with Gasteiger partial charge < -0.3 is 15.4 Å². The maximum atomic E-state index is 6.28. The van der Waals surface area contributed by atoms with Gasteiger partial charge in [-0.05, 0) is 31.5 Å². The topological polar surface area (TPSA) is 38.5 Å². The average molecular weight is 269 g/mol. The zero-order chi connectivity index (χ0) is 13.2. The van der Waals surface area contributed by atoms with Crippen LogP contribution in [0.1, 0.15) is 19.3 Å². The molecule has 0 saturated heterocycles. The molecule has 0 radical (unpaired) electrons. The highest BCUT2D eigenvalue weighted by molar-refractivity contribution is 6.33. The summed E-state index contributed by atoms with van der Waals surface area (Å²) in [5, 5.41) is 0.725. The summed E-state index contributed by atoms with van der Waals surface area (Å²) >= 11 is 6.28. The van der Waals surface area contributed by atoms with Crippen LogP contribution >= 0.6 is 11.6 Å². The molecule has 0 spiro atoms. The van der Waals surface area contributed by atoms with E-state index in [1.165, 1.54) is 19.3 Å². The highest BCUT2D eigenvalue weighted by Crippen LogP contribution is 2.41. The molecule has 1 aromatic rings. The average Bonchev–Trinajstić information content (AvgIpc) is 2.33. The van der Waals surface area contributed by atoms with Gasteiger partial charge in [-0.1, -0.05) is 18.0 Å². The second kappa shape index (κ2) is 5.37. The molecule has 0 aliphatic heterocycles. The third-order valence-corrected chi connectivity index (χ3v) is 4.29. The fraction of sp³-hybridized carbons (Fsp3) is 0.571. The first-order valence-corrected chi connectivity index (χ1v) is 6.73. The number of ether oxygens (including phenoxy) is 1. The lowest BCUT2D eigenvalue weighted by atomic mass is 9.68. The molecular weight excluding hydrogens is 248 g/mol. The number of benzene rings is 1. The fourth-order valence-corrected chi connectivity index (χ4v) is 2.93. The van der Waals surface area contributed by atoms with Gasteiger partial charge in [-0.3, -0.25) is 0 Å². The minimum Gasteiger partial charge on any atom is -0.497 e. The Balaban J connectivity index is 2.11. The van der Waals surface area contributed by atoms with E-state index >= 15 is 0 Å². The number of nitrogens with zero attached hydrogens (tertiary/aromatic N) is 1. The molecular formula is C14H21ClN2O. The van der Waals surface area contributed by atoms with Crippen LogP contribution in [0.25, 0.3) is 0 Å². The van der Waals surface area contributed by atoms with E-state index in [1.54, 1.807) is 7.11 Å². The summed E-state index contributed by atoms with van der Waals surface area (Å²) in [6.07, 6.45) is 3.74. The third kappa shape index (κ3) is 2.57. The Bertz CT molecular complexity index is 413. The largest absolute Gasteiger partial charge is 0.497 e. The van der Waals surface area contributed by atoms with Crippen LogP contribution in [0.15, 0.2) is 18.2 Å². The van der Waals surface area contributed by atoms with Crippen molar-refractivity contribution in [2.45, 2.75) is 19.3 Å². The summed E-state index contributed by atoms with van der Waals surface area (Å²) in [7, 11) is 3.72. The highest BCUT2D eigenvalue weighted by atomic mass is 35.5. The normalized spacial score (nSPS) is 17.1. The first-order valence-electron chi connectivity index (χ1n) is 6.35. The molecule has 0 bridgehead atoms. The number of anilines is 1. The van der Waals surface area contributed by atoms with Crippen LogP contribution in [0.3, 0.4) is 0 Å². The number of methoxy groups -OCH3 is 1. The molecule has 0 amide bonds. The van der Waals surface area contributed by atoms with Gasteiger partial charge in [0.1, 0.15) is 5.75 Å². The highest BCUT2D eigenvalue weighted by Gasteiger charge is 2.36. The van der Waals surface area contributed by atoms with Crippen LogP contribution in [-0.2, 0) is 0 Å². The lowest BCUT2D eigenvalue weighted by Gasteiger charge is -2.44. The monoisotopic (exact) mass is 268 g/mol. The summed E-state index contributed by atoms with van der Waals surface area (Å²) in [6.45, 7) is 1.72. The molecule has 0 heterocycles. The van der Waals surface area contributed by atoms with Crippen LogP contribution in [0.5, 0.6) is 5.75 Å². The fourth-order valence-electron chi connectivity index (χ4n) is 2.62. The molecule has 1 saturated carbocycles. The van der Waals surface area contributed by atoms with Gasteiger partial charge in [0.25, 0.3) is 0 Å². The molecule has 2 rings (SSSR count). The second-order valence-corrected chi connectivity index (χ2v) is 5.64. The van der Waals surface area contributed by atoms with E-state index in [1.807, 2.05) is 18.2 Å². The van der Waals surface area contributed by atoms with E-state index in [9.17, 15) is 0 Å². The van der Waals surface area contributed by atoms with Crippen LogP contribution in [0, 0.1) is 5.41 Å². The molecule has 100 valence electrons. The maximum Gasteiger partial charge on any atom is 0.120 e. The van der Waals surface area contributed by atoms with Crippen molar-refractivity contribution in [1.82, 2.24) is 0 Å². The summed E-state index contributed by atoms with van der Waals surface area (Å²) < 4.78 is 5.16. The Labute approximate surface area is 114 Å². The van der Waals surface area contributed by atoms with Gasteiger partial charge in [0.15, 0.2) is 0 Å². The van der Waals surface area contributed by atoms with Crippen molar-refractivity contribution in [2.75, 3.05) is 32.1 Å². The molecule has 3 nitrogen and oxygen atoms in total. The Morgan fingerprint density at radius 1 is 1.44 bits per heavy atom. The van der Waals surface area contributed by atoms with Gasteiger partial charge in [0.05, 0.1) is 17.8 Å². The van der Waals surface area contributed by atoms with E-state index in [2.05, 4.69) is 11.9 Å². The van der Waals surface area contributed by atoms with Crippen LogP contribution in [0.4, 0.5) is 5.69 Å². The smallest absolute Gasteiger partial charge is 0.120 e. The molecule has 0 atom stereocenters. The zero-order valence-corrected chi connectivity index (χ0v) is 11.8. The Morgan fingerprint density at radius 3 is 2.61 bits per heavy atom. The summed E-state index contributed by atoms with van der Waals surface area (Å²) in [5.41, 5.74) is 7.23. The zero-order valence-electron chi connectivity index (χ0n) is 11.1. The van der Waals surface area contributed by atoms with Crippen molar-refractivity contribution < 1.29 is 4.74 Å². The summed E-state index contributed by atoms with van der Waals surface area (Å²) in [4.78, 5) is 2.20. The quantitative estimate of drug-likeness (QED) is 0.892. The molecule has 1 fully saturated rings. The van der Waals surface area contributed by atoms with Gasteiger partial charge in [-0.15, -0.1) is 0 Å². The number of hydrogen-bond donors (Lipinski definition) is 1. The number of halogens is 1. The first kappa shape index (κ1) is 13.5. The molecule has 0 unspecified atom stereocenters. The maximum absolute atomic E-state index is 6.28. The van der Waals surface area contributed by atoms with Gasteiger partial charge in [-0.2, -0.15) is 0 Å². The third-order valence-electron chi connectivity index (χ3n) is 3.99. The minimum absolute atomic E-state index is 0.290. The van der Waals surface area contributed by atoms with Crippen molar-refractivity contribution >= 4 is 17.3 Å². The van der Waals surface area contributed by atoms with Crippen molar-refractivity contribution in [1.29, 1.82) is 0 Å². The van der Waals surface area contributed by atoms with Crippen molar-refractivity contribution in [3.63, 3.8) is 0 Å². The van der Waals surface area contributed by atoms with Crippen molar-refractivity contribution in [3.05, 3.63) is 23.2 Å². The van der Waals surface area contributed by atoms with Crippen molar-refractivity contribution in [2.24, 2.45) is 11.1 Å². The first-order chi connectivity index (χ1) is 8.60. The van der Waals surface area contributed by atoms with E-state index in [4.69, 9.17) is 22.1 Å². The molecule has 1 aromatic carbocycles. The molecule has 0 aromatic heterocycles. The van der Waals surface area contributed by atoms with Crippen LogP contribution < -0.4 is 15.4 Å². The predicted octanol–water partition coefficient (Wildman–Crippen LogP) is 2.91. The van der Waals surface area contributed by atoms with Gasteiger partial charge in [0, 0.05) is 25.1 Å². The number of hydrogen-bond acceptors (Lipinski definition) is 3. The molecule has 2 N–H and O–H groups in total. The second-order valence-electron chi connectivity index (χ2n) is 5.23. The standard InChI is InChI=1S/C14H21ClN2O/c1-17(10-14(9-16)6-3-7-14)13-5-4-11(18-2)8-12(13)15/h4-5,8H,3,6-7,9-10,16H2,1-2H3. The van der Waals surface area contributed by atoms with Gasteiger partial charge in [0.2, 0.25) is 0 Å². The van der Waals surface area contributed by atoms with E-state index < -0.39 is 0 Å². The lowest BCUT2D eigenvalue weighted by molar-refractivity contribution is 0.154. The summed E-state index contributed by atoms with van der Waals surface area (Å²) in [5.74, 6) is 0.786. The molecule has 1 aliphatic rings. The Morgan fingerprint density at radius 2 is 2.17 bits per heavy atom. The number of nitrogens with two attached hydrogens (primary N) is 1. The Hall–Kier alpha value is -0.930. The summed E-state index contributed by atoms with van der Waals surface area (Å²) in [6, 6.07) is 5.79. The Kier molecular flexibility index (Phi) is 4.03. The predicted molar refractivity (Wildman–Crippen MR) is 76.6 cm³/mol. The SMILES string of the molecule is COc1ccc(N(C)CC2(CN)CCC2)c(Cl)c1. The van der Waals surface area contributed by atoms with Gasteiger partial charge >= 0.3 is 0 Å². The lowest BCUT2D eigenvalue weighted by Crippen LogP contribution is -2.46. The van der Waals surface area contributed by atoms with Crippen molar-refractivity contribution in [3.8, 4) is 5.75 Å². The van der Waals surface area contributed by atoms with E-state index in [0.717, 1.165) is 29.5 Å². The van der Waals surface area contributed by atoms with E-state index in [0.29, 0.717) is 0 Å². The van der Waals surface area contributed by atoms with Gasteiger partial charge in [-0.25, -0.2) is 0 Å². The minimum atomic E-state index is 0.290. The molecule has 18 heavy (non-hydrogen) atoms. The van der Waals surface area contributed by atoms with Crippen LogP contribution in [0.2, 0.25) is 5.02 Å². The van der Waals surface area contributed by atoms with E-state index in [-0.39, 0.29) is 5.41 Å².